The zero-order chi connectivity index (χ0) is 34.2. The Kier molecular flexibility index (Phi) is 7.68. The Labute approximate surface area is 279 Å². The van der Waals surface area contributed by atoms with Gasteiger partial charge >= 0.3 is 0 Å². The van der Waals surface area contributed by atoms with Crippen LogP contribution in [0.4, 0.5) is 0 Å². The number of carbonyl (C=O) groups excluding carboxylic acids is 1. The van der Waals surface area contributed by atoms with E-state index in [0.29, 0.717) is 46.8 Å². The molecule has 0 radical (unpaired) electrons. The van der Waals surface area contributed by atoms with Crippen LogP contribution in [-0.4, -0.2) is 84.0 Å². The van der Waals surface area contributed by atoms with Crippen LogP contribution in [0, 0.1) is 32.1 Å². The minimum absolute atomic E-state index is 0.0339. The predicted octanol–water partition coefficient (Wildman–Crippen LogP) is 4.73. The van der Waals surface area contributed by atoms with Crippen LogP contribution in [0.3, 0.4) is 0 Å². The molecule has 1 saturated heterocycles. The fraction of sp³-hybridized carbons (Fsp3) is 0.405. The summed E-state index contributed by atoms with van der Waals surface area (Å²) in [4.78, 5) is 21.3. The molecule has 0 aliphatic carbocycles. The molecule has 48 heavy (non-hydrogen) atoms. The van der Waals surface area contributed by atoms with Gasteiger partial charge in [-0.25, -0.2) is 0 Å². The minimum Gasteiger partial charge on any atom is -0.504 e. The Morgan fingerprint density at radius 3 is 2.29 bits per heavy atom. The Morgan fingerprint density at radius 1 is 0.938 bits per heavy atom. The number of aromatic hydroxyl groups is 2. The molecule has 4 N–H and O–H groups in total. The number of nitrogens with one attached hydrogen (secondary N) is 2. The molecule has 1 unspecified atom stereocenters. The third kappa shape index (κ3) is 4.29. The Morgan fingerprint density at radius 2 is 1.60 bits per heavy atom. The summed E-state index contributed by atoms with van der Waals surface area (Å²) >= 11 is 0. The standard InChI is InChI=1S/C37H41N5O6/c1-17-18(2)35(47-6)33(44)30-22(17)13-25-27(15-38)42-26(31(30)41(25)4)14-23-29(32(43)36(48-7)19(3)34(23)46-5)28(42)16-40-37(45)21-9-8-10-24-20(21)11-12-39-24/h8-12,25-28,31,39,43-44H,13-14,16H2,1-7H3,(H,40,45)/t25-,26-,27?,28-,31-/m0/s1. The van der Waals surface area contributed by atoms with E-state index in [1.54, 1.807) is 26.5 Å². The number of carbonyl (C=O) groups is 1. The number of nitrogens with zero attached hydrogens (tertiary/aromatic N) is 3. The zero-order valence-electron chi connectivity index (χ0n) is 28.3. The predicted molar refractivity (Wildman–Crippen MR) is 180 cm³/mol. The quantitative estimate of drug-likeness (QED) is 0.233. The molecule has 250 valence electrons. The number of H-pyrrole nitrogens is 1. The summed E-state index contributed by atoms with van der Waals surface area (Å²) in [5.74, 6) is 1.13. The number of hydrogen-bond acceptors (Lipinski definition) is 9. The van der Waals surface area contributed by atoms with E-state index in [1.807, 2.05) is 46.0 Å². The first-order valence-corrected chi connectivity index (χ1v) is 16.2. The van der Waals surface area contributed by atoms with Crippen molar-refractivity contribution >= 4 is 16.8 Å². The molecule has 0 saturated carbocycles. The summed E-state index contributed by atoms with van der Waals surface area (Å²) in [6, 6.07) is 7.90. The van der Waals surface area contributed by atoms with E-state index >= 15 is 0 Å². The lowest BCUT2D eigenvalue weighted by Crippen LogP contribution is -2.68. The van der Waals surface area contributed by atoms with Gasteiger partial charge in [-0.1, -0.05) is 6.07 Å². The van der Waals surface area contributed by atoms with Crippen molar-refractivity contribution in [2.24, 2.45) is 0 Å². The van der Waals surface area contributed by atoms with Gasteiger partial charge in [0.05, 0.1) is 39.5 Å². The van der Waals surface area contributed by atoms with Gasteiger partial charge in [-0.2, -0.15) is 5.26 Å². The molecule has 7 rings (SSSR count). The Hall–Kier alpha value is -4.92. The first-order valence-electron chi connectivity index (χ1n) is 16.2. The van der Waals surface area contributed by atoms with E-state index in [9.17, 15) is 20.3 Å². The van der Waals surface area contributed by atoms with Gasteiger partial charge in [0.25, 0.3) is 5.91 Å². The molecule has 11 nitrogen and oxygen atoms in total. The molecule has 1 fully saturated rings. The second-order valence-corrected chi connectivity index (χ2v) is 13.1. The van der Waals surface area contributed by atoms with Crippen molar-refractivity contribution in [1.29, 1.82) is 5.26 Å². The number of benzene rings is 3. The van der Waals surface area contributed by atoms with Crippen LogP contribution in [0.25, 0.3) is 10.9 Å². The number of amides is 1. The summed E-state index contributed by atoms with van der Waals surface area (Å²) in [6.45, 7) is 5.94. The van der Waals surface area contributed by atoms with E-state index < -0.39 is 12.1 Å². The van der Waals surface area contributed by atoms with Crippen molar-refractivity contribution in [2.45, 2.75) is 63.8 Å². The van der Waals surface area contributed by atoms with Crippen LogP contribution in [0.5, 0.6) is 28.7 Å². The van der Waals surface area contributed by atoms with Crippen LogP contribution in [0.2, 0.25) is 0 Å². The van der Waals surface area contributed by atoms with Gasteiger partial charge in [0.1, 0.15) is 11.8 Å². The van der Waals surface area contributed by atoms with E-state index in [1.165, 1.54) is 7.11 Å². The molecule has 4 heterocycles. The van der Waals surface area contributed by atoms with Gasteiger partial charge in [0, 0.05) is 63.5 Å². The molecule has 1 aromatic heterocycles. The van der Waals surface area contributed by atoms with E-state index in [0.717, 1.165) is 38.7 Å². The number of piperazine rings is 1. The fourth-order valence-electron chi connectivity index (χ4n) is 8.91. The number of aromatic nitrogens is 1. The number of ether oxygens (including phenoxy) is 3. The first kappa shape index (κ1) is 31.7. The third-order valence-corrected chi connectivity index (χ3v) is 11.2. The summed E-state index contributed by atoms with van der Waals surface area (Å²) in [5, 5.41) is 38.5. The average molecular weight is 652 g/mol. The molecule has 5 atom stereocenters. The first-order chi connectivity index (χ1) is 23.1. The molecule has 4 aromatic rings. The number of phenols is 2. The van der Waals surface area contributed by atoms with Crippen molar-refractivity contribution in [3.05, 3.63) is 75.0 Å². The normalized spacial score (nSPS) is 23.1. The maximum absolute atomic E-state index is 13.8. The molecule has 3 aliphatic heterocycles. The Bertz CT molecular complexity index is 2010. The van der Waals surface area contributed by atoms with Gasteiger partial charge in [-0.15, -0.1) is 0 Å². The molecular weight excluding hydrogens is 610 g/mol. The largest absolute Gasteiger partial charge is 0.504 e. The highest BCUT2D eigenvalue weighted by Gasteiger charge is 2.56. The number of methoxy groups -OCH3 is 3. The lowest BCUT2D eigenvalue weighted by molar-refractivity contribution is -0.0722. The molecule has 11 heteroatoms. The van der Waals surface area contributed by atoms with Crippen LogP contribution in [-0.2, 0) is 12.8 Å². The summed E-state index contributed by atoms with van der Waals surface area (Å²) in [6.07, 6.45) is 2.76. The molecule has 3 aromatic carbocycles. The number of hydrogen-bond donors (Lipinski definition) is 4. The highest BCUT2D eigenvalue weighted by Crippen LogP contribution is 2.57. The van der Waals surface area contributed by atoms with Crippen molar-refractivity contribution in [3.63, 3.8) is 0 Å². The fourth-order valence-corrected chi connectivity index (χ4v) is 8.91. The van der Waals surface area contributed by atoms with Gasteiger partial charge in [-0.05, 0) is 75.5 Å². The van der Waals surface area contributed by atoms with Crippen molar-refractivity contribution in [2.75, 3.05) is 34.9 Å². The molecule has 2 bridgehead atoms. The molecule has 0 spiro atoms. The number of rotatable bonds is 6. The lowest BCUT2D eigenvalue weighted by Gasteiger charge is -2.60. The van der Waals surface area contributed by atoms with Crippen LogP contribution >= 0.6 is 0 Å². The number of phenolic OH excluding ortho intramolecular Hbond substituents is 2. The monoisotopic (exact) mass is 651 g/mol. The van der Waals surface area contributed by atoms with Crippen molar-refractivity contribution < 1.29 is 29.2 Å². The zero-order valence-corrected chi connectivity index (χ0v) is 28.3. The topological polar surface area (TPSA) is 143 Å². The number of nitriles is 1. The van der Waals surface area contributed by atoms with E-state index in [2.05, 4.69) is 26.2 Å². The molecular formula is C37H41N5O6. The highest BCUT2D eigenvalue weighted by atomic mass is 16.5. The second-order valence-electron chi connectivity index (χ2n) is 13.1. The number of likely N-dealkylation sites (N-methyl/N-ethyl adjacent to an activating group) is 1. The van der Waals surface area contributed by atoms with Gasteiger partial charge < -0.3 is 34.7 Å². The smallest absolute Gasteiger partial charge is 0.252 e. The molecule has 3 aliphatic rings. The summed E-state index contributed by atoms with van der Waals surface area (Å²) in [5.41, 5.74) is 7.13. The van der Waals surface area contributed by atoms with Gasteiger partial charge in [0.2, 0.25) is 0 Å². The summed E-state index contributed by atoms with van der Waals surface area (Å²) in [7, 11) is 6.68. The van der Waals surface area contributed by atoms with Crippen molar-refractivity contribution in [1.82, 2.24) is 20.1 Å². The maximum atomic E-state index is 13.8. The van der Waals surface area contributed by atoms with E-state index in [-0.39, 0.29) is 42.1 Å². The van der Waals surface area contributed by atoms with Crippen LogP contribution < -0.4 is 19.5 Å². The maximum Gasteiger partial charge on any atom is 0.252 e. The minimum atomic E-state index is -0.628. The van der Waals surface area contributed by atoms with Gasteiger partial charge in [-0.3, -0.25) is 14.6 Å². The molecule has 1 amide bonds. The number of aromatic amines is 1. The third-order valence-electron chi connectivity index (χ3n) is 11.2. The van der Waals surface area contributed by atoms with Crippen molar-refractivity contribution in [3.8, 4) is 34.8 Å². The van der Waals surface area contributed by atoms with Gasteiger partial charge in [0.15, 0.2) is 23.0 Å². The highest BCUT2D eigenvalue weighted by molar-refractivity contribution is 6.06. The number of fused-ring (bicyclic) bond motifs is 8. The van der Waals surface area contributed by atoms with E-state index in [4.69, 9.17) is 14.2 Å². The lowest BCUT2D eigenvalue weighted by atomic mass is 9.70. The van der Waals surface area contributed by atoms with Crippen LogP contribution in [0.15, 0.2) is 30.5 Å². The SMILES string of the molecule is COc1c(C)c(C)c2c(c1O)[C@@H]1[C@@H]3Cc4c(OC)c(C)c(OC)c(O)c4[C@H](CNC(=O)c4cccc5[nH]ccc45)N3C(C#N)[C@H](C2)N1C. The Balaban J connectivity index is 1.43. The average Bonchev–Trinajstić information content (AvgIpc) is 3.56. The second kappa shape index (κ2) is 11.6. The summed E-state index contributed by atoms with van der Waals surface area (Å²) < 4.78 is 17.4. The van der Waals surface area contributed by atoms with Crippen LogP contribution in [0.1, 0.15) is 61.4 Å².